The molecule has 0 saturated heterocycles. The Morgan fingerprint density at radius 3 is 2.37 bits per heavy atom. The number of hydrogen-bond donors (Lipinski definition) is 3. The number of methoxy groups -OCH3 is 1. The molecule has 0 radical (unpaired) electrons. The van der Waals surface area contributed by atoms with Crippen molar-refractivity contribution in [1.29, 1.82) is 0 Å². The van der Waals surface area contributed by atoms with E-state index >= 15 is 0 Å². The third-order valence-corrected chi connectivity index (χ3v) is 8.68. The minimum atomic E-state index is -3.18. The average molecular weight is 572 g/mol. The highest BCUT2D eigenvalue weighted by Crippen LogP contribution is 2.36. The number of ether oxygens (including phenoxy) is 1. The van der Waals surface area contributed by atoms with Gasteiger partial charge in [0.15, 0.2) is 9.84 Å². The Labute approximate surface area is 239 Å². The van der Waals surface area contributed by atoms with Crippen molar-refractivity contribution in [2.24, 2.45) is 7.05 Å². The molecule has 5 rings (SSSR count). The van der Waals surface area contributed by atoms with E-state index < -0.39 is 15.1 Å². The molecule has 2 heterocycles. The maximum atomic E-state index is 11.9. The number of aromatic nitrogens is 4. The molecule has 1 unspecified atom stereocenters. The number of nitrogens with one attached hydrogen (secondary N) is 3. The Morgan fingerprint density at radius 1 is 0.976 bits per heavy atom. The molecule has 0 fully saturated rings. The maximum absolute atomic E-state index is 11.9. The van der Waals surface area contributed by atoms with Crippen molar-refractivity contribution >= 4 is 44.1 Å². The molecule has 3 aromatic carbocycles. The van der Waals surface area contributed by atoms with E-state index in [-0.39, 0.29) is 0 Å². The van der Waals surface area contributed by atoms with Crippen LogP contribution in [0.15, 0.2) is 72.9 Å². The van der Waals surface area contributed by atoms with Gasteiger partial charge in [0.1, 0.15) is 11.3 Å². The van der Waals surface area contributed by atoms with Crippen LogP contribution in [0.25, 0.3) is 22.3 Å². The first-order chi connectivity index (χ1) is 19.7. The van der Waals surface area contributed by atoms with Crippen molar-refractivity contribution in [3.05, 3.63) is 84.1 Å². The number of rotatable bonds is 10. The normalized spacial score (nSPS) is 12.2. The molecule has 0 aliphatic rings. The molecule has 5 aromatic rings. The van der Waals surface area contributed by atoms with Crippen LogP contribution in [-0.2, 0) is 23.4 Å². The molecule has 2 aromatic heterocycles. The largest absolute Gasteiger partial charge is 0.497 e. The van der Waals surface area contributed by atoms with Gasteiger partial charge in [0.25, 0.3) is 0 Å². The standard InChI is InChI=1S/C30H33N7O3S/c1-19(41(5,38)39)21-8-10-22(11-9-21)34-29-32-17-16-25(35-29)27-24(31-2)14-15-26-28(27)36-30(37(26)3)33-18-20-6-12-23(40-4)13-7-20/h6-17,19,31H,18H2,1-5H3,(H,33,36)(H,32,34,35). The van der Waals surface area contributed by atoms with E-state index in [2.05, 4.69) is 20.9 Å². The molecule has 0 aliphatic heterocycles. The van der Waals surface area contributed by atoms with Crippen LogP contribution in [-0.4, -0.2) is 48.4 Å². The van der Waals surface area contributed by atoms with Gasteiger partial charge in [-0.05, 0) is 60.5 Å². The van der Waals surface area contributed by atoms with Crippen LogP contribution >= 0.6 is 0 Å². The molecule has 212 valence electrons. The zero-order chi connectivity index (χ0) is 29.1. The van der Waals surface area contributed by atoms with Gasteiger partial charge in [0, 0.05) is 44.5 Å². The van der Waals surface area contributed by atoms with Crippen LogP contribution in [0.4, 0.5) is 23.3 Å². The minimum absolute atomic E-state index is 0.416. The maximum Gasteiger partial charge on any atom is 0.227 e. The van der Waals surface area contributed by atoms with E-state index in [0.29, 0.717) is 18.2 Å². The smallest absolute Gasteiger partial charge is 0.227 e. The predicted octanol–water partition coefficient (Wildman–Crippen LogP) is 5.54. The summed E-state index contributed by atoms with van der Waals surface area (Å²) in [7, 11) is 2.33. The first-order valence-corrected chi connectivity index (χ1v) is 15.1. The molecule has 0 spiro atoms. The highest BCUT2D eigenvalue weighted by molar-refractivity contribution is 7.90. The summed E-state index contributed by atoms with van der Waals surface area (Å²) in [6.45, 7) is 2.29. The second-order valence-electron chi connectivity index (χ2n) is 9.79. The van der Waals surface area contributed by atoms with Gasteiger partial charge in [0.05, 0.1) is 29.1 Å². The molecule has 1 atom stereocenters. The summed E-state index contributed by atoms with van der Waals surface area (Å²) in [4.78, 5) is 14.2. The second-order valence-corrected chi connectivity index (χ2v) is 12.2. The van der Waals surface area contributed by atoms with E-state index in [4.69, 9.17) is 14.7 Å². The monoisotopic (exact) mass is 571 g/mol. The number of nitrogens with zero attached hydrogens (tertiary/aromatic N) is 4. The molecule has 0 bridgehead atoms. The topological polar surface area (TPSA) is 123 Å². The van der Waals surface area contributed by atoms with E-state index in [9.17, 15) is 8.42 Å². The number of hydrogen-bond acceptors (Lipinski definition) is 9. The van der Waals surface area contributed by atoms with Crippen LogP contribution in [0.1, 0.15) is 23.3 Å². The van der Waals surface area contributed by atoms with Gasteiger partial charge in [-0.1, -0.05) is 24.3 Å². The van der Waals surface area contributed by atoms with Gasteiger partial charge in [-0.3, -0.25) is 0 Å². The number of imidazole rings is 1. The number of fused-ring (bicyclic) bond motifs is 1. The van der Waals surface area contributed by atoms with Crippen molar-refractivity contribution in [1.82, 2.24) is 19.5 Å². The predicted molar refractivity (Wildman–Crippen MR) is 165 cm³/mol. The summed E-state index contributed by atoms with van der Waals surface area (Å²) in [5.41, 5.74) is 6.81. The molecule has 3 N–H and O–H groups in total. The summed E-state index contributed by atoms with van der Waals surface area (Å²) in [5, 5.41) is 9.37. The first kappa shape index (κ1) is 27.9. The second kappa shape index (κ2) is 11.5. The quantitative estimate of drug-likeness (QED) is 0.198. The van der Waals surface area contributed by atoms with Crippen molar-refractivity contribution in [2.75, 3.05) is 36.4 Å². The molecule has 41 heavy (non-hydrogen) atoms. The molecule has 0 amide bonds. The van der Waals surface area contributed by atoms with Crippen molar-refractivity contribution in [3.63, 3.8) is 0 Å². The zero-order valence-corrected chi connectivity index (χ0v) is 24.5. The lowest BCUT2D eigenvalue weighted by Crippen LogP contribution is -2.07. The summed E-state index contributed by atoms with van der Waals surface area (Å²) in [6.07, 6.45) is 2.94. The van der Waals surface area contributed by atoms with Crippen molar-refractivity contribution in [3.8, 4) is 17.0 Å². The number of aryl methyl sites for hydroxylation is 1. The molecule has 0 aliphatic carbocycles. The van der Waals surface area contributed by atoms with Crippen molar-refractivity contribution in [2.45, 2.75) is 18.7 Å². The van der Waals surface area contributed by atoms with Crippen LogP contribution in [0.2, 0.25) is 0 Å². The van der Waals surface area contributed by atoms with Crippen LogP contribution in [0, 0.1) is 0 Å². The summed E-state index contributed by atoms with van der Waals surface area (Å²) in [5.74, 6) is 1.97. The van der Waals surface area contributed by atoms with Gasteiger partial charge in [0.2, 0.25) is 11.9 Å². The summed E-state index contributed by atoms with van der Waals surface area (Å²) < 4.78 is 31.1. The Hall–Kier alpha value is -4.64. The Morgan fingerprint density at radius 2 is 1.71 bits per heavy atom. The number of anilines is 4. The third kappa shape index (κ3) is 5.94. The molecule has 10 nitrogen and oxygen atoms in total. The lowest BCUT2D eigenvalue weighted by atomic mass is 10.1. The molecular weight excluding hydrogens is 538 g/mol. The highest BCUT2D eigenvalue weighted by Gasteiger charge is 2.19. The molecule has 0 saturated carbocycles. The van der Waals surface area contributed by atoms with Crippen LogP contribution in [0.3, 0.4) is 0 Å². The Kier molecular flexibility index (Phi) is 7.80. The van der Waals surface area contributed by atoms with Gasteiger partial charge < -0.3 is 25.3 Å². The number of sulfone groups is 1. The molecule has 11 heteroatoms. The van der Waals surface area contributed by atoms with E-state index in [1.165, 1.54) is 6.26 Å². The van der Waals surface area contributed by atoms with Crippen LogP contribution in [0.5, 0.6) is 5.75 Å². The fraction of sp³-hybridized carbons (Fsp3) is 0.233. The van der Waals surface area contributed by atoms with E-state index in [1.54, 1.807) is 32.4 Å². The molecular formula is C30H33N7O3S. The Balaban J connectivity index is 1.44. The van der Waals surface area contributed by atoms with Gasteiger partial charge in [-0.15, -0.1) is 0 Å². The summed E-state index contributed by atoms with van der Waals surface area (Å²) >= 11 is 0. The minimum Gasteiger partial charge on any atom is -0.497 e. The fourth-order valence-corrected chi connectivity index (χ4v) is 5.23. The average Bonchev–Trinajstić information content (AvgIpc) is 3.30. The van der Waals surface area contributed by atoms with Gasteiger partial charge in [-0.2, -0.15) is 0 Å². The van der Waals surface area contributed by atoms with E-state index in [1.807, 2.05) is 73.3 Å². The van der Waals surface area contributed by atoms with Crippen molar-refractivity contribution < 1.29 is 13.2 Å². The lowest BCUT2D eigenvalue weighted by Gasteiger charge is -2.12. The Bertz CT molecular complexity index is 1780. The SMILES string of the molecule is CNc1ccc2c(nc(NCc3ccc(OC)cc3)n2C)c1-c1ccnc(Nc2ccc(C(C)S(C)(=O)=O)cc2)n1. The number of benzene rings is 3. The van der Waals surface area contributed by atoms with Crippen LogP contribution < -0.4 is 20.7 Å². The van der Waals surface area contributed by atoms with Gasteiger partial charge in [-0.25, -0.2) is 23.4 Å². The van der Waals surface area contributed by atoms with E-state index in [0.717, 1.165) is 50.8 Å². The zero-order valence-electron chi connectivity index (χ0n) is 23.6. The third-order valence-electron chi connectivity index (χ3n) is 7.12. The highest BCUT2D eigenvalue weighted by atomic mass is 32.2. The lowest BCUT2D eigenvalue weighted by molar-refractivity contribution is 0.414. The summed E-state index contributed by atoms with van der Waals surface area (Å²) in [6, 6.07) is 21.1. The first-order valence-electron chi connectivity index (χ1n) is 13.1. The van der Waals surface area contributed by atoms with Gasteiger partial charge >= 0.3 is 0 Å². The fourth-order valence-electron chi connectivity index (χ4n) is 4.58.